The third-order valence-electron chi connectivity index (χ3n) is 5.15. The average Bonchev–Trinajstić information content (AvgIpc) is 3.03. The molecule has 0 N–H and O–H groups in total. The summed E-state index contributed by atoms with van der Waals surface area (Å²) in [6, 6.07) is 20.4. The Kier molecular flexibility index (Phi) is 4.67. The number of amides is 1. The normalized spacial score (nSPS) is 17.4. The second-order valence-electron chi connectivity index (χ2n) is 6.96. The van der Waals surface area contributed by atoms with E-state index in [2.05, 4.69) is 46.3 Å². The van der Waals surface area contributed by atoms with Crippen molar-refractivity contribution in [3.05, 3.63) is 78.0 Å². The van der Waals surface area contributed by atoms with Crippen LogP contribution in [0.25, 0.3) is 10.9 Å². The van der Waals surface area contributed by atoms with Crippen LogP contribution in [0.15, 0.2) is 66.9 Å². The number of likely N-dealkylation sites (tertiary alicyclic amines) is 1. The van der Waals surface area contributed by atoms with Gasteiger partial charge in [0.25, 0.3) is 0 Å². The fraction of sp³-hybridized carbons (Fsp3) is 0.273. The Labute approximate surface area is 154 Å². The van der Waals surface area contributed by atoms with Gasteiger partial charge in [-0.15, -0.1) is 0 Å². The lowest BCUT2D eigenvalue weighted by Gasteiger charge is -2.24. The van der Waals surface area contributed by atoms with Crippen LogP contribution in [0, 0.1) is 0 Å². The maximum atomic E-state index is 12.9. The third kappa shape index (κ3) is 3.33. The molecule has 1 aliphatic rings. The van der Waals surface area contributed by atoms with Crippen molar-refractivity contribution < 1.29 is 4.79 Å². The Bertz CT molecular complexity index is 904. The van der Waals surface area contributed by atoms with Crippen LogP contribution in [0.2, 0.25) is 0 Å². The SMILES string of the molecule is CN(Cc1cccc2cccnc12)C1CCN(Cc2ccccc2)C1=O. The summed E-state index contributed by atoms with van der Waals surface area (Å²) in [4.78, 5) is 21.5. The fourth-order valence-electron chi connectivity index (χ4n) is 3.77. The second-order valence-corrected chi connectivity index (χ2v) is 6.96. The molecule has 0 bridgehead atoms. The third-order valence-corrected chi connectivity index (χ3v) is 5.15. The maximum Gasteiger partial charge on any atom is 0.240 e. The molecule has 0 aliphatic carbocycles. The Morgan fingerprint density at radius 1 is 1.08 bits per heavy atom. The van der Waals surface area contributed by atoms with E-state index < -0.39 is 0 Å². The van der Waals surface area contributed by atoms with E-state index in [0.717, 1.165) is 30.4 Å². The highest BCUT2D eigenvalue weighted by atomic mass is 16.2. The predicted molar refractivity (Wildman–Crippen MR) is 103 cm³/mol. The van der Waals surface area contributed by atoms with Gasteiger partial charge < -0.3 is 4.90 Å². The first-order valence-corrected chi connectivity index (χ1v) is 9.08. The molecule has 4 nitrogen and oxygen atoms in total. The summed E-state index contributed by atoms with van der Waals surface area (Å²) in [5, 5.41) is 1.14. The van der Waals surface area contributed by atoms with Crippen LogP contribution in [-0.2, 0) is 17.9 Å². The van der Waals surface area contributed by atoms with Crippen LogP contribution >= 0.6 is 0 Å². The quantitative estimate of drug-likeness (QED) is 0.710. The molecule has 2 heterocycles. The summed E-state index contributed by atoms with van der Waals surface area (Å²) in [6.45, 7) is 2.24. The van der Waals surface area contributed by atoms with E-state index in [1.807, 2.05) is 42.4 Å². The standard InChI is InChI=1S/C22H23N3O/c1-24(16-19-10-5-9-18-11-6-13-23-21(18)19)20-12-14-25(22(20)26)15-17-7-3-2-4-8-17/h2-11,13,20H,12,14-16H2,1H3. The molecule has 4 heteroatoms. The molecule has 3 aromatic rings. The van der Waals surface area contributed by atoms with E-state index in [1.165, 1.54) is 11.1 Å². The number of nitrogens with zero attached hydrogens (tertiary/aromatic N) is 3. The Hall–Kier alpha value is -2.72. The summed E-state index contributed by atoms with van der Waals surface area (Å²) in [5.74, 6) is 0.226. The van der Waals surface area contributed by atoms with Crippen molar-refractivity contribution in [3.63, 3.8) is 0 Å². The molecule has 2 aromatic carbocycles. The number of fused-ring (bicyclic) bond motifs is 1. The monoisotopic (exact) mass is 345 g/mol. The smallest absolute Gasteiger partial charge is 0.240 e. The molecule has 1 unspecified atom stereocenters. The molecular weight excluding hydrogens is 322 g/mol. The van der Waals surface area contributed by atoms with Gasteiger partial charge in [-0.05, 0) is 30.7 Å². The van der Waals surface area contributed by atoms with Gasteiger partial charge in [0.05, 0.1) is 11.6 Å². The van der Waals surface area contributed by atoms with Gasteiger partial charge in [-0.25, -0.2) is 0 Å². The van der Waals surface area contributed by atoms with Gasteiger partial charge in [-0.2, -0.15) is 0 Å². The molecule has 1 fully saturated rings. The van der Waals surface area contributed by atoms with Gasteiger partial charge in [0.2, 0.25) is 5.91 Å². The van der Waals surface area contributed by atoms with Crippen molar-refractivity contribution >= 4 is 16.8 Å². The number of aromatic nitrogens is 1. The van der Waals surface area contributed by atoms with Crippen LogP contribution in [0.3, 0.4) is 0 Å². The van der Waals surface area contributed by atoms with Crippen molar-refractivity contribution in [2.45, 2.75) is 25.6 Å². The summed E-state index contributed by atoms with van der Waals surface area (Å²) in [5.41, 5.74) is 3.37. The number of carbonyl (C=O) groups is 1. The zero-order valence-electron chi connectivity index (χ0n) is 15.0. The molecule has 0 spiro atoms. The second kappa shape index (κ2) is 7.26. The molecule has 1 saturated heterocycles. The van der Waals surface area contributed by atoms with Crippen molar-refractivity contribution in [3.8, 4) is 0 Å². The van der Waals surface area contributed by atoms with Gasteiger partial charge in [0, 0.05) is 31.2 Å². The lowest BCUT2D eigenvalue weighted by atomic mass is 10.1. The molecule has 1 atom stereocenters. The topological polar surface area (TPSA) is 36.4 Å². The number of hydrogen-bond donors (Lipinski definition) is 0. The molecule has 1 aromatic heterocycles. The van der Waals surface area contributed by atoms with Crippen molar-refractivity contribution in [1.82, 2.24) is 14.8 Å². The van der Waals surface area contributed by atoms with Crippen LogP contribution < -0.4 is 0 Å². The van der Waals surface area contributed by atoms with Gasteiger partial charge >= 0.3 is 0 Å². The summed E-state index contributed by atoms with van der Waals surface area (Å²) < 4.78 is 0. The van der Waals surface area contributed by atoms with Gasteiger partial charge in [0.1, 0.15) is 0 Å². The van der Waals surface area contributed by atoms with Crippen LogP contribution in [0.5, 0.6) is 0 Å². The molecule has 132 valence electrons. The van der Waals surface area contributed by atoms with Gasteiger partial charge in [-0.3, -0.25) is 14.7 Å². The van der Waals surface area contributed by atoms with E-state index in [-0.39, 0.29) is 11.9 Å². The molecule has 0 saturated carbocycles. The van der Waals surface area contributed by atoms with E-state index >= 15 is 0 Å². The molecular formula is C22H23N3O. The number of para-hydroxylation sites is 1. The van der Waals surface area contributed by atoms with Crippen molar-refractivity contribution in [2.24, 2.45) is 0 Å². The summed E-state index contributed by atoms with van der Waals surface area (Å²) in [7, 11) is 2.04. The van der Waals surface area contributed by atoms with Gasteiger partial charge in [0.15, 0.2) is 0 Å². The first-order chi connectivity index (χ1) is 12.7. The van der Waals surface area contributed by atoms with Crippen LogP contribution in [0.4, 0.5) is 0 Å². The number of benzene rings is 2. The Morgan fingerprint density at radius 3 is 2.73 bits per heavy atom. The van der Waals surface area contributed by atoms with E-state index in [1.54, 1.807) is 0 Å². The zero-order valence-corrected chi connectivity index (χ0v) is 15.0. The van der Waals surface area contributed by atoms with Crippen molar-refractivity contribution in [2.75, 3.05) is 13.6 Å². The number of carbonyl (C=O) groups excluding carboxylic acids is 1. The first-order valence-electron chi connectivity index (χ1n) is 9.08. The minimum Gasteiger partial charge on any atom is -0.337 e. The zero-order chi connectivity index (χ0) is 17.9. The van der Waals surface area contributed by atoms with Gasteiger partial charge in [-0.1, -0.05) is 54.6 Å². The molecule has 4 rings (SSSR count). The fourth-order valence-corrected chi connectivity index (χ4v) is 3.77. The minimum atomic E-state index is -0.0577. The highest BCUT2D eigenvalue weighted by Gasteiger charge is 2.34. The maximum absolute atomic E-state index is 12.9. The number of hydrogen-bond acceptors (Lipinski definition) is 3. The highest BCUT2D eigenvalue weighted by molar-refractivity contribution is 5.84. The van der Waals surface area contributed by atoms with E-state index in [4.69, 9.17) is 0 Å². The largest absolute Gasteiger partial charge is 0.337 e. The number of rotatable bonds is 5. The first kappa shape index (κ1) is 16.7. The lowest BCUT2D eigenvalue weighted by Crippen LogP contribution is -2.39. The minimum absolute atomic E-state index is 0.0577. The van der Waals surface area contributed by atoms with Crippen LogP contribution in [-0.4, -0.2) is 40.3 Å². The highest BCUT2D eigenvalue weighted by Crippen LogP contribution is 2.23. The molecule has 1 amide bonds. The summed E-state index contributed by atoms with van der Waals surface area (Å²) in [6.07, 6.45) is 2.70. The average molecular weight is 345 g/mol. The molecule has 26 heavy (non-hydrogen) atoms. The Balaban J connectivity index is 1.47. The number of likely N-dealkylation sites (N-methyl/N-ethyl adjacent to an activating group) is 1. The Morgan fingerprint density at radius 2 is 1.88 bits per heavy atom. The van der Waals surface area contributed by atoms with Crippen molar-refractivity contribution in [1.29, 1.82) is 0 Å². The van der Waals surface area contributed by atoms with Crippen LogP contribution in [0.1, 0.15) is 17.5 Å². The van der Waals surface area contributed by atoms with E-state index in [9.17, 15) is 4.79 Å². The molecule has 1 aliphatic heterocycles. The number of pyridine rings is 1. The molecule has 0 radical (unpaired) electrons. The lowest BCUT2D eigenvalue weighted by molar-refractivity contribution is -0.132. The predicted octanol–water partition coefficient (Wildman–Crippen LogP) is 3.47. The van der Waals surface area contributed by atoms with E-state index in [0.29, 0.717) is 6.54 Å². The summed E-state index contributed by atoms with van der Waals surface area (Å²) >= 11 is 0.